The normalized spacial score (nSPS) is 32.7. The Morgan fingerprint density at radius 2 is 2.20 bits per heavy atom. The maximum Gasteiger partial charge on any atom is 0.229 e. The van der Waals surface area contributed by atoms with Crippen LogP contribution in [0.4, 0.5) is 0 Å². The van der Waals surface area contributed by atoms with Gasteiger partial charge in [0.1, 0.15) is 0 Å². The van der Waals surface area contributed by atoms with Crippen molar-refractivity contribution in [2.75, 3.05) is 37.8 Å². The zero-order valence-corrected chi connectivity index (χ0v) is 9.67. The lowest BCUT2D eigenvalue weighted by Crippen LogP contribution is -2.44. The molecule has 2 unspecified atom stereocenters. The molecule has 2 aliphatic rings. The molecule has 0 bridgehead atoms. The van der Waals surface area contributed by atoms with Crippen LogP contribution in [0, 0.1) is 5.92 Å². The Labute approximate surface area is 94.5 Å². The molecule has 1 amide bonds. The van der Waals surface area contributed by atoms with Crippen LogP contribution >= 0.6 is 11.8 Å². The van der Waals surface area contributed by atoms with Crippen LogP contribution in [0.1, 0.15) is 6.42 Å². The number of hydrogen-bond acceptors (Lipinski definition) is 4. The second-order valence-electron chi connectivity index (χ2n) is 4.10. The standard InChI is InChI=1S/C10H18N2O2S/c11-9-7-14-6-8(9)10(13)12-2-1-4-15-5-3-12/h8-9H,1-7,11H2. The molecule has 0 aromatic heterocycles. The topological polar surface area (TPSA) is 55.6 Å². The minimum Gasteiger partial charge on any atom is -0.379 e. The molecule has 0 aromatic carbocycles. The molecule has 4 nitrogen and oxygen atoms in total. The summed E-state index contributed by atoms with van der Waals surface area (Å²) in [5, 5.41) is 0. The zero-order chi connectivity index (χ0) is 10.7. The van der Waals surface area contributed by atoms with Crippen LogP contribution in [-0.4, -0.2) is 54.7 Å². The predicted octanol–water partition coefficient (Wildman–Crippen LogP) is -0.0744. The van der Waals surface area contributed by atoms with E-state index in [4.69, 9.17) is 10.5 Å². The summed E-state index contributed by atoms with van der Waals surface area (Å²) < 4.78 is 5.23. The highest BCUT2D eigenvalue weighted by atomic mass is 32.2. The summed E-state index contributed by atoms with van der Waals surface area (Å²) in [6, 6.07) is -0.103. The summed E-state index contributed by atoms with van der Waals surface area (Å²) >= 11 is 1.92. The van der Waals surface area contributed by atoms with E-state index in [9.17, 15) is 4.79 Å². The number of carbonyl (C=O) groups is 1. The molecule has 2 fully saturated rings. The molecule has 15 heavy (non-hydrogen) atoms. The van der Waals surface area contributed by atoms with E-state index in [1.807, 2.05) is 16.7 Å². The van der Waals surface area contributed by atoms with Crippen molar-refractivity contribution in [2.24, 2.45) is 11.7 Å². The van der Waals surface area contributed by atoms with E-state index in [-0.39, 0.29) is 17.9 Å². The van der Waals surface area contributed by atoms with Crippen molar-refractivity contribution in [1.82, 2.24) is 4.90 Å². The molecule has 0 spiro atoms. The fourth-order valence-corrected chi connectivity index (χ4v) is 2.91. The minimum absolute atomic E-state index is 0.103. The maximum atomic E-state index is 12.1. The highest BCUT2D eigenvalue weighted by Crippen LogP contribution is 2.18. The van der Waals surface area contributed by atoms with E-state index in [0.717, 1.165) is 31.0 Å². The highest BCUT2D eigenvalue weighted by Gasteiger charge is 2.34. The number of carbonyl (C=O) groups excluding carboxylic acids is 1. The van der Waals surface area contributed by atoms with Crippen LogP contribution in [0.2, 0.25) is 0 Å². The number of ether oxygens (including phenoxy) is 1. The summed E-state index contributed by atoms with van der Waals surface area (Å²) in [7, 11) is 0. The molecule has 2 saturated heterocycles. The van der Waals surface area contributed by atoms with Gasteiger partial charge >= 0.3 is 0 Å². The molecule has 2 aliphatic heterocycles. The summed E-state index contributed by atoms with van der Waals surface area (Å²) in [4.78, 5) is 14.1. The number of nitrogens with zero attached hydrogens (tertiary/aromatic N) is 1. The molecule has 2 N–H and O–H groups in total. The van der Waals surface area contributed by atoms with Gasteiger partial charge in [-0.3, -0.25) is 4.79 Å². The van der Waals surface area contributed by atoms with E-state index in [1.165, 1.54) is 0 Å². The average molecular weight is 230 g/mol. The first-order valence-corrected chi connectivity index (χ1v) is 6.64. The fourth-order valence-electron chi connectivity index (χ4n) is 2.03. The van der Waals surface area contributed by atoms with E-state index in [2.05, 4.69) is 0 Å². The molecule has 5 heteroatoms. The van der Waals surface area contributed by atoms with Crippen LogP contribution in [0.25, 0.3) is 0 Å². The van der Waals surface area contributed by atoms with Gasteiger partial charge in [-0.1, -0.05) is 0 Å². The van der Waals surface area contributed by atoms with Crippen LogP contribution < -0.4 is 5.73 Å². The molecular weight excluding hydrogens is 212 g/mol. The Kier molecular flexibility index (Phi) is 3.88. The van der Waals surface area contributed by atoms with Gasteiger partial charge in [-0.05, 0) is 12.2 Å². The maximum absolute atomic E-state index is 12.1. The van der Waals surface area contributed by atoms with Gasteiger partial charge in [-0.15, -0.1) is 0 Å². The smallest absolute Gasteiger partial charge is 0.229 e. The van der Waals surface area contributed by atoms with Gasteiger partial charge in [-0.25, -0.2) is 0 Å². The van der Waals surface area contributed by atoms with Crippen LogP contribution in [-0.2, 0) is 9.53 Å². The zero-order valence-electron chi connectivity index (χ0n) is 8.85. The summed E-state index contributed by atoms with van der Waals surface area (Å²) in [6.07, 6.45) is 1.10. The van der Waals surface area contributed by atoms with Crippen molar-refractivity contribution in [3.05, 3.63) is 0 Å². The molecule has 0 radical (unpaired) electrons. The van der Waals surface area contributed by atoms with Gasteiger partial charge in [0.25, 0.3) is 0 Å². The van der Waals surface area contributed by atoms with Crippen molar-refractivity contribution in [2.45, 2.75) is 12.5 Å². The Bertz CT molecular complexity index is 229. The molecule has 0 aliphatic carbocycles. The van der Waals surface area contributed by atoms with Gasteiger partial charge in [-0.2, -0.15) is 11.8 Å². The monoisotopic (exact) mass is 230 g/mol. The lowest BCUT2D eigenvalue weighted by molar-refractivity contribution is -0.135. The van der Waals surface area contributed by atoms with Crippen molar-refractivity contribution in [3.63, 3.8) is 0 Å². The first-order chi connectivity index (χ1) is 7.29. The van der Waals surface area contributed by atoms with Gasteiger partial charge in [0.05, 0.1) is 19.1 Å². The van der Waals surface area contributed by atoms with Gasteiger partial charge in [0, 0.05) is 24.9 Å². The van der Waals surface area contributed by atoms with Crippen molar-refractivity contribution < 1.29 is 9.53 Å². The summed E-state index contributed by atoms with van der Waals surface area (Å²) in [6.45, 7) is 2.78. The molecule has 0 aromatic rings. The molecule has 86 valence electrons. The number of hydrogen-bond donors (Lipinski definition) is 1. The minimum atomic E-state index is -0.104. The van der Waals surface area contributed by atoms with Crippen LogP contribution in [0.3, 0.4) is 0 Å². The lowest BCUT2D eigenvalue weighted by Gasteiger charge is -2.24. The Morgan fingerprint density at radius 1 is 1.33 bits per heavy atom. The van der Waals surface area contributed by atoms with Crippen LogP contribution in [0.15, 0.2) is 0 Å². The quantitative estimate of drug-likeness (QED) is 0.685. The summed E-state index contributed by atoms with van der Waals surface area (Å²) in [5.41, 5.74) is 5.85. The van der Waals surface area contributed by atoms with E-state index in [0.29, 0.717) is 13.2 Å². The number of thioether (sulfide) groups is 1. The number of amides is 1. The molecule has 2 heterocycles. The lowest BCUT2D eigenvalue weighted by atomic mass is 10.0. The number of rotatable bonds is 1. The Morgan fingerprint density at radius 3 is 2.93 bits per heavy atom. The van der Waals surface area contributed by atoms with E-state index in [1.54, 1.807) is 0 Å². The SMILES string of the molecule is NC1COCC1C(=O)N1CCCSCC1. The Balaban J connectivity index is 1.93. The average Bonchev–Trinajstić information content (AvgIpc) is 2.53. The van der Waals surface area contributed by atoms with Gasteiger partial charge in [0.2, 0.25) is 5.91 Å². The first kappa shape index (κ1) is 11.2. The van der Waals surface area contributed by atoms with Crippen molar-refractivity contribution >= 4 is 17.7 Å². The molecule has 2 rings (SSSR count). The predicted molar refractivity (Wildman–Crippen MR) is 60.8 cm³/mol. The summed E-state index contributed by atoms with van der Waals surface area (Å²) in [5.74, 6) is 2.31. The fraction of sp³-hybridized carbons (Fsp3) is 0.900. The van der Waals surface area contributed by atoms with E-state index < -0.39 is 0 Å². The third-order valence-corrected chi connectivity index (χ3v) is 4.02. The van der Waals surface area contributed by atoms with Crippen LogP contribution in [0.5, 0.6) is 0 Å². The molecule has 0 saturated carbocycles. The van der Waals surface area contributed by atoms with Crippen molar-refractivity contribution in [1.29, 1.82) is 0 Å². The third kappa shape index (κ3) is 2.65. The first-order valence-electron chi connectivity index (χ1n) is 5.49. The second-order valence-corrected chi connectivity index (χ2v) is 5.32. The second kappa shape index (κ2) is 5.18. The van der Waals surface area contributed by atoms with Crippen molar-refractivity contribution in [3.8, 4) is 0 Å². The highest BCUT2D eigenvalue weighted by molar-refractivity contribution is 7.99. The van der Waals surface area contributed by atoms with Gasteiger partial charge < -0.3 is 15.4 Å². The Hall–Kier alpha value is -0.260. The molecular formula is C10H18N2O2S. The molecule has 2 atom stereocenters. The van der Waals surface area contributed by atoms with Gasteiger partial charge in [0.15, 0.2) is 0 Å². The number of nitrogens with two attached hydrogens (primary N) is 1. The third-order valence-electron chi connectivity index (χ3n) is 2.98. The largest absolute Gasteiger partial charge is 0.379 e. The van der Waals surface area contributed by atoms with E-state index >= 15 is 0 Å².